The van der Waals surface area contributed by atoms with E-state index in [1.54, 1.807) is 13.2 Å². The molecule has 1 saturated heterocycles. The Hall–Kier alpha value is -0.780. The normalized spacial score (nSPS) is 16.5. The number of benzene rings is 1. The van der Waals surface area contributed by atoms with Gasteiger partial charge in [-0.3, -0.25) is 4.90 Å². The highest BCUT2D eigenvalue weighted by atomic mass is 79.9. The Morgan fingerprint density at radius 2 is 2.11 bits per heavy atom. The van der Waals surface area contributed by atoms with Gasteiger partial charge in [0, 0.05) is 23.1 Å². The maximum absolute atomic E-state index is 10.1. The van der Waals surface area contributed by atoms with Crippen LogP contribution < -0.4 is 4.74 Å². The number of halogens is 1. The standard InChI is InChI=1S/C14H20BrNO3/c1-18-13-5-4-12(15)11(14(13)17)3-2-6-16-7-9-19-10-8-16/h4-5,17H,2-3,6-10H2,1H3. The summed E-state index contributed by atoms with van der Waals surface area (Å²) in [7, 11) is 1.57. The minimum Gasteiger partial charge on any atom is -0.504 e. The van der Waals surface area contributed by atoms with Crippen molar-refractivity contribution in [2.75, 3.05) is 40.0 Å². The third-order valence-electron chi connectivity index (χ3n) is 3.41. The summed E-state index contributed by atoms with van der Waals surface area (Å²) in [4.78, 5) is 2.40. The van der Waals surface area contributed by atoms with Crippen LogP contribution in [0.25, 0.3) is 0 Å². The summed E-state index contributed by atoms with van der Waals surface area (Å²) in [6.07, 6.45) is 1.85. The van der Waals surface area contributed by atoms with Crippen molar-refractivity contribution in [2.45, 2.75) is 12.8 Å². The number of hydrogen-bond donors (Lipinski definition) is 1. The summed E-state index contributed by atoms with van der Waals surface area (Å²) in [5.74, 6) is 0.781. The fourth-order valence-corrected chi connectivity index (χ4v) is 2.82. The van der Waals surface area contributed by atoms with Crippen LogP contribution in [-0.4, -0.2) is 50.0 Å². The van der Waals surface area contributed by atoms with Gasteiger partial charge in [-0.2, -0.15) is 0 Å². The second-order valence-electron chi connectivity index (χ2n) is 4.63. The summed E-state index contributed by atoms with van der Waals surface area (Å²) < 4.78 is 11.4. The first-order chi connectivity index (χ1) is 9.22. The third-order valence-corrected chi connectivity index (χ3v) is 4.16. The lowest BCUT2D eigenvalue weighted by Gasteiger charge is -2.26. The van der Waals surface area contributed by atoms with Crippen molar-refractivity contribution in [1.82, 2.24) is 4.90 Å². The van der Waals surface area contributed by atoms with Crippen molar-refractivity contribution in [3.63, 3.8) is 0 Å². The Morgan fingerprint density at radius 3 is 2.79 bits per heavy atom. The molecule has 106 valence electrons. The van der Waals surface area contributed by atoms with Crippen LogP contribution in [0.1, 0.15) is 12.0 Å². The summed E-state index contributed by atoms with van der Waals surface area (Å²) in [6.45, 7) is 4.70. The molecule has 1 aromatic rings. The number of morpholine rings is 1. The molecule has 0 amide bonds. The minimum atomic E-state index is 0.249. The topological polar surface area (TPSA) is 41.9 Å². The molecule has 0 bridgehead atoms. The number of ether oxygens (including phenoxy) is 2. The van der Waals surface area contributed by atoms with Crippen LogP contribution in [0.2, 0.25) is 0 Å². The minimum absolute atomic E-state index is 0.249. The zero-order valence-corrected chi connectivity index (χ0v) is 12.8. The second kappa shape index (κ2) is 7.12. The first-order valence-corrected chi connectivity index (χ1v) is 7.36. The molecular weight excluding hydrogens is 310 g/mol. The number of aromatic hydroxyl groups is 1. The maximum Gasteiger partial charge on any atom is 0.162 e. The molecule has 1 aliphatic heterocycles. The van der Waals surface area contributed by atoms with Crippen molar-refractivity contribution in [2.24, 2.45) is 0 Å². The van der Waals surface area contributed by atoms with Gasteiger partial charge in [-0.05, 0) is 31.5 Å². The number of rotatable bonds is 5. The number of phenols is 1. The van der Waals surface area contributed by atoms with E-state index in [1.165, 1.54) is 0 Å². The monoisotopic (exact) mass is 329 g/mol. The van der Waals surface area contributed by atoms with Crippen LogP contribution in [-0.2, 0) is 11.2 Å². The van der Waals surface area contributed by atoms with E-state index in [-0.39, 0.29) is 5.75 Å². The summed E-state index contributed by atoms with van der Waals surface area (Å²) in [5, 5.41) is 10.1. The molecule has 0 spiro atoms. The fourth-order valence-electron chi connectivity index (χ4n) is 2.30. The van der Waals surface area contributed by atoms with Gasteiger partial charge >= 0.3 is 0 Å². The van der Waals surface area contributed by atoms with Gasteiger partial charge in [0.1, 0.15) is 0 Å². The predicted molar refractivity (Wildman–Crippen MR) is 77.9 cm³/mol. The molecule has 1 fully saturated rings. The van der Waals surface area contributed by atoms with Crippen molar-refractivity contribution < 1.29 is 14.6 Å². The zero-order chi connectivity index (χ0) is 13.7. The molecule has 2 rings (SSSR count). The van der Waals surface area contributed by atoms with E-state index in [9.17, 15) is 5.11 Å². The van der Waals surface area contributed by atoms with Gasteiger partial charge in [-0.1, -0.05) is 15.9 Å². The lowest BCUT2D eigenvalue weighted by Crippen LogP contribution is -2.36. The lowest BCUT2D eigenvalue weighted by atomic mass is 10.1. The van der Waals surface area contributed by atoms with E-state index >= 15 is 0 Å². The molecule has 4 nitrogen and oxygen atoms in total. The van der Waals surface area contributed by atoms with Crippen LogP contribution >= 0.6 is 15.9 Å². The maximum atomic E-state index is 10.1. The highest BCUT2D eigenvalue weighted by Crippen LogP contribution is 2.35. The number of nitrogens with zero attached hydrogens (tertiary/aromatic N) is 1. The van der Waals surface area contributed by atoms with Gasteiger partial charge in [0.25, 0.3) is 0 Å². The SMILES string of the molecule is COc1ccc(Br)c(CCCN2CCOCC2)c1O. The zero-order valence-electron chi connectivity index (χ0n) is 11.2. The predicted octanol–water partition coefficient (Wildman–Crippen LogP) is 2.43. The van der Waals surface area contributed by atoms with Crippen LogP contribution in [0.15, 0.2) is 16.6 Å². The van der Waals surface area contributed by atoms with Crippen molar-refractivity contribution in [3.05, 3.63) is 22.2 Å². The molecular formula is C14H20BrNO3. The van der Waals surface area contributed by atoms with E-state index in [0.29, 0.717) is 5.75 Å². The fraction of sp³-hybridized carbons (Fsp3) is 0.571. The van der Waals surface area contributed by atoms with Gasteiger partial charge < -0.3 is 14.6 Å². The van der Waals surface area contributed by atoms with Crippen molar-refractivity contribution in [3.8, 4) is 11.5 Å². The molecule has 1 aliphatic rings. The van der Waals surface area contributed by atoms with E-state index < -0.39 is 0 Å². The van der Waals surface area contributed by atoms with Crippen molar-refractivity contribution in [1.29, 1.82) is 0 Å². The Morgan fingerprint density at radius 1 is 1.37 bits per heavy atom. The van der Waals surface area contributed by atoms with Gasteiger partial charge in [-0.25, -0.2) is 0 Å². The third kappa shape index (κ3) is 3.84. The summed E-state index contributed by atoms with van der Waals surface area (Å²) >= 11 is 3.49. The van der Waals surface area contributed by atoms with Crippen LogP contribution in [0.3, 0.4) is 0 Å². The van der Waals surface area contributed by atoms with E-state index in [0.717, 1.165) is 55.7 Å². The summed E-state index contributed by atoms with van der Waals surface area (Å²) in [5.41, 5.74) is 0.924. The first kappa shape index (κ1) is 14.6. The lowest BCUT2D eigenvalue weighted by molar-refractivity contribution is 0.0374. The summed E-state index contributed by atoms with van der Waals surface area (Å²) in [6, 6.07) is 3.69. The van der Waals surface area contributed by atoms with Crippen molar-refractivity contribution >= 4 is 15.9 Å². The van der Waals surface area contributed by atoms with E-state index in [2.05, 4.69) is 20.8 Å². The number of hydrogen-bond acceptors (Lipinski definition) is 4. The molecule has 0 atom stereocenters. The Balaban J connectivity index is 1.91. The Bertz CT molecular complexity index is 419. The Labute approximate surface area is 122 Å². The van der Waals surface area contributed by atoms with Crippen LogP contribution in [0.5, 0.6) is 11.5 Å². The molecule has 5 heteroatoms. The molecule has 1 heterocycles. The molecule has 1 aromatic carbocycles. The average molecular weight is 330 g/mol. The molecule has 0 aliphatic carbocycles. The molecule has 0 unspecified atom stereocenters. The van der Waals surface area contributed by atoms with Crippen LogP contribution in [0, 0.1) is 0 Å². The molecule has 0 aromatic heterocycles. The molecule has 0 saturated carbocycles. The first-order valence-electron chi connectivity index (χ1n) is 6.57. The van der Waals surface area contributed by atoms with Gasteiger partial charge in [0.15, 0.2) is 11.5 Å². The number of methoxy groups -OCH3 is 1. The van der Waals surface area contributed by atoms with E-state index in [4.69, 9.17) is 9.47 Å². The average Bonchev–Trinajstić information content (AvgIpc) is 2.44. The highest BCUT2D eigenvalue weighted by molar-refractivity contribution is 9.10. The smallest absolute Gasteiger partial charge is 0.162 e. The molecule has 0 radical (unpaired) electrons. The molecule has 1 N–H and O–H groups in total. The number of phenolic OH excluding ortho intramolecular Hbond substituents is 1. The van der Waals surface area contributed by atoms with E-state index in [1.807, 2.05) is 6.07 Å². The highest BCUT2D eigenvalue weighted by Gasteiger charge is 2.13. The van der Waals surface area contributed by atoms with Crippen LogP contribution in [0.4, 0.5) is 0 Å². The largest absolute Gasteiger partial charge is 0.504 e. The van der Waals surface area contributed by atoms with Gasteiger partial charge in [-0.15, -0.1) is 0 Å². The second-order valence-corrected chi connectivity index (χ2v) is 5.49. The van der Waals surface area contributed by atoms with Gasteiger partial charge in [0.2, 0.25) is 0 Å². The van der Waals surface area contributed by atoms with Gasteiger partial charge in [0.05, 0.1) is 20.3 Å². The Kier molecular flexibility index (Phi) is 5.48. The quantitative estimate of drug-likeness (QED) is 0.900. The molecule has 19 heavy (non-hydrogen) atoms.